The van der Waals surface area contributed by atoms with Crippen LogP contribution in [0.25, 0.3) is 0 Å². The highest BCUT2D eigenvalue weighted by atomic mass is 19.2. The van der Waals surface area contributed by atoms with Gasteiger partial charge in [-0.05, 0) is 31.3 Å². The minimum absolute atomic E-state index is 0.0592. The van der Waals surface area contributed by atoms with Crippen LogP contribution in [-0.4, -0.2) is 6.61 Å². The molecule has 0 heterocycles. The van der Waals surface area contributed by atoms with Crippen molar-refractivity contribution in [3.05, 3.63) is 36.1 Å². The summed E-state index contributed by atoms with van der Waals surface area (Å²) in [5, 5.41) is 0. The lowest BCUT2D eigenvalue weighted by molar-refractivity contribution is 0.223. The van der Waals surface area contributed by atoms with Crippen LogP contribution in [0.4, 0.5) is 8.78 Å². The first-order chi connectivity index (χ1) is 8.07. The van der Waals surface area contributed by atoms with E-state index in [1.165, 1.54) is 6.42 Å². The summed E-state index contributed by atoms with van der Waals surface area (Å²) in [7, 11) is 0. The minimum atomic E-state index is -1.01. The monoisotopic (exact) mass is 242 g/mol. The van der Waals surface area contributed by atoms with Crippen molar-refractivity contribution in [2.75, 3.05) is 6.61 Å². The molecule has 0 unspecified atom stereocenters. The van der Waals surface area contributed by atoms with Gasteiger partial charge in [-0.25, -0.2) is 4.39 Å². The van der Waals surface area contributed by atoms with Crippen LogP contribution in [0.5, 0.6) is 0 Å². The van der Waals surface area contributed by atoms with Gasteiger partial charge >= 0.3 is 0 Å². The fraction of sp³-hybridized carbons (Fsp3) is 0.571. The summed E-state index contributed by atoms with van der Waals surface area (Å²) in [6.45, 7) is 9.00. The van der Waals surface area contributed by atoms with E-state index in [0.29, 0.717) is 0 Å². The average Bonchev–Trinajstić information content (AvgIpc) is 2.37. The predicted octanol–water partition coefficient (Wildman–Crippen LogP) is 4.82. The van der Waals surface area contributed by atoms with E-state index < -0.39 is 11.7 Å². The molecule has 1 aliphatic carbocycles. The van der Waals surface area contributed by atoms with Crippen LogP contribution in [0, 0.1) is 5.92 Å². The van der Waals surface area contributed by atoms with E-state index in [4.69, 9.17) is 4.74 Å². The Balaban J connectivity index is 2.72. The quantitative estimate of drug-likeness (QED) is 0.496. The molecule has 0 saturated heterocycles. The van der Waals surface area contributed by atoms with Crippen LogP contribution >= 0.6 is 0 Å². The topological polar surface area (TPSA) is 9.23 Å². The van der Waals surface area contributed by atoms with Crippen molar-refractivity contribution in [2.24, 2.45) is 5.92 Å². The lowest BCUT2D eigenvalue weighted by Crippen LogP contribution is -2.10. The molecule has 3 heteroatoms. The molecular formula is C14H20F2O. The fourth-order valence-corrected chi connectivity index (χ4v) is 2.13. The molecule has 1 aliphatic rings. The number of halogens is 2. The van der Waals surface area contributed by atoms with Crippen molar-refractivity contribution < 1.29 is 13.5 Å². The highest BCUT2D eigenvalue weighted by Crippen LogP contribution is 2.35. The summed E-state index contributed by atoms with van der Waals surface area (Å²) >= 11 is 0. The molecule has 1 rings (SSSR count). The maximum atomic E-state index is 13.8. The van der Waals surface area contributed by atoms with E-state index in [1.807, 2.05) is 0 Å². The van der Waals surface area contributed by atoms with Crippen LogP contribution in [0.1, 0.15) is 39.0 Å². The van der Waals surface area contributed by atoms with Gasteiger partial charge in [0, 0.05) is 0 Å². The maximum absolute atomic E-state index is 13.8. The molecule has 96 valence electrons. The Morgan fingerprint density at radius 3 is 2.24 bits per heavy atom. The van der Waals surface area contributed by atoms with Crippen molar-refractivity contribution in [3.63, 3.8) is 0 Å². The van der Waals surface area contributed by atoms with Gasteiger partial charge in [-0.3, -0.25) is 0 Å². The summed E-state index contributed by atoms with van der Waals surface area (Å²) in [4.78, 5) is 0. The van der Waals surface area contributed by atoms with Gasteiger partial charge in [-0.15, -0.1) is 0 Å². The predicted molar refractivity (Wildman–Crippen MR) is 65.7 cm³/mol. The van der Waals surface area contributed by atoms with Gasteiger partial charge in [0.15, 0.2) is 17.4 Å². The average molecular weight is 242 g/mol. The molecule has 0 aliphatic heterocycles. The first kappa shape index (κ1) is 13.9. The van der Waals surface area contributed by atoms with Crippen molar-refractivity contribution >= 4 is 0 Å². The second-order valence-electron chi connectivity index (χ2n) is 4.34. The minimum Gasteiger partial charge on any atom is -0.491 e. The highest BCUT2D eigenvalue weighted by molar-refractivity contribution is 5.34. The molecule has 0 radical (unpaired) electrons. The van der Waals surface area contributed by atoms with Crippen LogP contribution in [0.3, 0.4) is 0 Å². The molecule has 0 spiro atoms. The maximum Gasteiger partial charge on any atom is 0.200 e. The van der Waals surface area contributed by atoms with Gasteiger partial charge in [-0.2, -0.15) is 4.39 Å². The zero-order valence-electron chi connectivity index (χ0n) is 10.4. The number of rotatable bonds is 5. The van der Waals surface area contributed by atoms with Crippen molar-refractivity contribution in [1.82, 2.24) is 0 Å². The third-order valence-electron chi connectivity index (χ3n) is 3.14. The number of allylic oxidation sites excluding steroid dienone is 3. The smallest absolute Gasteiger partial charge is 0.200 e. The standard InChI is InChI=1S/C14H20F2O/c1-4-17-11(3)14(16)13(15)10(2)12-8-6-5-7-9-12/h12H,2-9H2,1H3/b14-13-. The molecule has 1 nitrogen and oxygen atoms in total. The molecular weight excluding hydrogens is 222 g/mol. The lowest BCUT2D eigenvalue weighted by Gasteiger charge is -2.23. The van der Waals surface area contributed by atoms with Crippen LogP contribution in [0.15, 0.2) is 36.1 Å². The van der Waals surface area contributed by atoms with Gasteiger partial charge in [0.1, 0.15) is 0 Å². The summed E-state index contributed by atoms with van der Waals surface area (Å²) in [6.07, 6.45) is 5.07. The molecule has 0 aromatic rings. The van der Waals surface area contributed by atoms with Crippen LogP contribution in [-0.2, 0) is 4.74 Å². The molecule has 1 saturated carbocycles. The van der Waals surface area contributed by atoms with Crippen molar-refractivity contribution in [3.8, 4) is 0 Å². The molecule has 0 aromatic heterocycles. The molecule has 0 atom stereocenters. The second-order valence-corrected chi connectivity index (χ2v) is 4.34. The molecule has 17 heavy (non-hydrogen) atoms. The number of hydrogen-bond acceptors (Lipinski definition) is 1. The first-order valence-corrected chi connectivity index (χ1v) is 6.14. The summed E-state index contributed by atoms with van der Waals surface area (Å²) in [6, 6.07) is 0. The van der Waals surface area contributed by atoms with Gasteiger partial charge in [0.05, 0.1) is 6.61 Å². The summed E-state index contributed by atoms with van der Waals surface area (Å²) < 4.78 is 32.3. The number of hydrogen-bond donors (Lipinski definition) is 0. The van der Waals surface area contributed by atoms with E-state index in [-0.39, 0.29) is 23.9 Å². The Morgan fingerprint density at radius 2 is 1.71 bits per heavy atom. The van der Waals surface area contributed by atoms with Crippen LogP contribution in [0.2, 0.25) is 0 Å². The lowest BCUT2D eigenvalue weighted by atomic mass is 9.84. The van der Waals surface area contributed by atoms with Crippen molar-refractivity contribution in [2.45, 2.75) is 39.0 Å². The van der Waals surface area contributed by atoms with E-state index in [2.05, 4.69) is 13.2 Å². The first-order valence-electron chi connectivity index (χ1n) is 6.14. The Morgan fingerprint density at radius 1 is 1.12 bits per heavy atom. The second kappa shape index (κ2) is 6.58. The van der Waals surface area contributed by atoms with Crippen LogP contribution < -0.4 is 0 Å². The third-order valence-corrected chi connectivity index (χ3v) is 3.14. The largest absolute Gasteiger partial charge is 0.491 e. The fourth-order valence-electron chi connectivity index (χ4n) is 2.13. The molecule has 1 fully saturated rings. The SMILES string of the molecule is C=C(OCC)/C(F)=C(/F)C(=C)C1CCCCC1. The van der Waals surface area contributed by atoms with E-state index >= 15 is 0 Å². The van der Waals surface area contributed by atoms with E-state index in [9.17, 15) is 8.78 Å². The van der Waals surface area contributed by atoms with Gasteiger partial charge in [0.25, 0.3) is 0 Å². The highest BCUT2D eigenvalue weighted by Gasteiger charge is 2.23. The zero-order valence-corrected chi connectivity index (χ0v) is 10.4. The van der Waals surface area contributed by atoms with E-state index in [0.717, 1.165) is 25.7 Å². The van der Waals surface area contributed by atoms with Crippen molar-refractivity contribution in [1.29, 1.82) is 0 Å². The summed E-state index contributed by atoms with van der Waals surface area (Å²) in [5.74, 6) is -2.09. The summed E-state index contributed by atoms with van der Waals surface area (Å²) in [5.41, 5.74) is 0.253. The van der Waals surface area contributed by atoms with Gasteiger partial charge in [-0.1, -0.05) is 32.4 Å². The Bertz CT molecular complexity index is 325. The number of ether oxygens (including phenoxy) is 1. The Kier molecular flexibility index (Phi) is 5.39. The molecule has 0 amide bonds. The van der Waals surface area contributed by atoms with Gasteiger partial charge in [0.2, 0.25) is 0 Å². The molecule has 0 aromatic carbocycles. The third kappa shape index (κ3) is 3.69. The Labute approximate surface area is 102 Å². The molecule has 0 bridgehead atoms. The van der Waals surface area contributed by atoms with E-state index in [1.54, 1.807) is 6.92 Å². The zero-order chi connectivity index (χ0) is 12.8. The van der Waals surface area contributed by atoms with Gasteiger partial charge < -0.3 is 4.74 Å². The normalized spacial score (nSPS) is 18.5. The molecule has 0 N–H and O–H groups in total. The Hall–Kier alpha value is -1.12.